The molecule has 5 heteroatoms. The predicted octanol–water partition coefficient (Wildman–Crippen LogP) is 2.82. The Hall–Kier alpha value is -2.01. The largest absolute Gasteiger partial charge is 0.438 e. The van der Waals surface area contributed by atoms with E-state index in [0.717, 1.165) is 18.5 Å². The van der Waals surface area contributed by atoms with Crippen molar-refractivity contribution in [3.63, 3.8) is 0 Å². The molecule has 1 heterocycles. The maximum Gasteiger partial charge on any atom is 0.222 e. The van der Waals surface area contributed by atoms with Gasteiger partial charge in [0.05, 0.1) is 0 Å². The molecule has 0 saturated carbocycles. The van der Waals surface area contributed by atoms with Crippen molar-refractivity contribution in [2.75, 3.05) is 0 Å². The van der Waals surface area contributed by atoms with Gasteiger partial charge in [-0.25, -0.2) is 14.4 Å². The second kappa shape index (κ2) is 6.24. The standard InChI is InChI=1S/C14H16FN3O/c1-2-4-10-7-14(18-9-17-10)19-13-6-3-5-12(15)11(13)8-16/h3,5-7,9H,2,4,8,16H2,1H3. The topological polar surface area (TPSA) is 61.0 Å². The molecule has 19 heavy (non-hydrogen) atoms. The number of halogens is 1. The van der Waals surface area contributed by atoms with E-state index < -0.39 is 0 Å². The molecule has 0 fully saturated rings. The van der Waals surface area contributed by atoms with Crippen LogP contribution in [0.5, 0.6) is 11.6 Å². The fourth-order valence-corrected chi connectivity index (χ4v) is 1.77. The van der Waals surface area contributed by atoms with Crippen LogP contribution >= 0.6 is 0 Å². The van der Waals surface area contributed by atoms with Crippen LogP contribution in [-0.4, -0.2) is 9.97 Å². The van der Waals surface area contributed by atoms with Gasteiger partial charge in [-0.05, 0) is 18.6 Å². The van der Waals surface area contributed by atoms with Gasteiger partial charge in [-0.1, -0.05) is 19.4 Å². The molecule has 1 aromatic heterocycles. The number of aryl methyl sites for hydroxylation is 1. The molecule has 0 saturated heterocycles. The second-order valence-corrected chi connectivity index (χ2v) is 4.12. The van der Waals surface area contributed by atoms with Gasteiger partial charge in [-0.2, -0.15) is 0 Å². The van der Waals surface area contributed by atoms with E-state index in [9.17, 15) is 4.39 Å². The Bertz CT molecular complexity index is 560. The van der Waals surface area contributed by atoms with Crippen LogP contribution < -0.4 is 10.5 Å². The maximum absolute atomic E-state index is 13.6. The van der Waals surface area contributed by atoms with Gasteiger partial charge < -0.3 is 10.5 Å². The number of hydrogen-bond donors (Lipinski definition) is 1. The lowest BCUT2D eigenvalue weighted by Gasteiger charge is -2.10. The van der Waals surface area contributed by atoms with Gasteiger partial charge in [-0.15, -0.1) is 0 Å². The Morgan fingerprint density at radius 2 is 2.16 bits per heavy atom. The number of aromatic nitrogens is 2. The van der Waals surface area contributed by atoms with Gasteiger partial charge in [0.15, 0.2) is 0 Å². The van der Waals surface area contributed by atoms with E-state index in [0.29, 0.717) is 17.2 Å². The highest BCUT2D eigenvalue weighted by Gasteiger charge is 2.09. The van der Waals surface area contributed by atoms with Gasteiger partial charge in [0.1, 0.15) is 17.9 Å². The van der Waals surface area contributed by atoms with Crippen LogP contribution in [0.2, 0.25) is 0 Å². The molecule has 0 aliphatic heterocycles. The predicted molar refractivity (Wildman–Crippen MR) is 70.4 cm³/mol. The zero-order valence-electron chi connectivity index (χ0n) is 10.8. The van der Waals surface area contributed by atoms with Crippen LogP contribution in [0.4, 0.5) is 4.39 Å². The summed E-state index contributed by atoms with van der Waals surface area (Å²) >= 11 is 0. The van der Waals surface area contributed by atoms with Crippen LogP contribution in [0, 0.1) is 5.82 Å². The summed E-state index contributed by atoms with van der Waals surface area (Å²) in [4.78, 5) is 8.17. The van der Waals surface area contributed by atoms with Crippen molar-refractivity contribution < 1.29 is 9.13 Å². The third-order valence-electron chi connectivity index (χ3n) is 2.70. The number of nitrogens with two attached hydrogens (primary N) is 1. The average molecular weight is 261 g/mol. The Labute approximate surface area is 111 Å². The first-order valence-corrected chi connectivity index (χ1v) is 6.20. The first-order valence-electron chi connectivity index (χ1n) is 6.20. The van der Waals surface area contributed by atoms with E-state index in [-0.39, 0.29) is 12.4 Å². The molecule has 0 atom stereocenters. The molecule has 2 aromatic rings. The van der Waals surface area contributed by atoms with Crippen molar-refractivity contribution >= 4 is 0 Å². The summed E-state index contributed by atoms with van der Waals surface area (Å²) < 4.78 is 19.2. The molecule has 0 radical (unpaired) electrons. The van der Waals surface area contributed by atoms with Gasteiger partial charge in [0.25, 0.3) is 0 Å². The minimum atomic E-state index is -0.372. The number of nitrogens with zero attached hydrogens (tertiary/aromatic N) is 2. The summed E-state index contributed by atoms with van der Waals surface area (Å²) in [7, 11) is 0. The summed E-state index contributed by atoms with van der Waals surface area (Å²) in [5.74, 6) is 0.422. The Kier molecular flexibility index (Phi) is 4.41. The van der Waals surface area contributed by atoms with E-state index in [1.165, 1.54) is 12.4 Å². The Morgan fingerprint density at radius 1 is 1.32 bits per heavy atom. The fraction of sp³-hybridized carbons (Fsp3) is 0.286. The molecule has 2 rings (SSSR count). The lowest BCUT2D eigenvalue weighted by Crippen LogP contribution is -2.03. The lowest BCUT2D eigenvalue weighted by molar-refractivity contribution is 0.447. The molecular weight excluding hydrogens is 245 g/mol. The molecular formula is C14H16FN3O. The van der Waals surface area contributed by atoms with Crippen LogP contribution in [0.1, 0.15) is 24.6 Å². The van der Waals surface area contributed by atoms with Crippen molar-refractivity contribution in [2.24, 2.45) is 5.73 Å². The minimum Gasteiger partial charge on any atom is -0.438 e. The van der Waals surface area contributed by atoms with Crippen molar-refractivity contribution in [3.05, 3.63) is 47.7 Å². The summed E-state index contributed by atoms with van der Waals surface area (Å²) in [6.45, 7) is 2.15. The number of benzene rings is 1. The molecule has 0 bridgehead atoms. The van der Waals surface area contributed by atoms with Gasteiger partial charge >= 0.3 is 0 Å². The SMILES string of the molecule is CCCc1cc(Oc2cccc(F)c2CN)ncn1. The minimum absolute atomic E-state index is 0.0783. The molecule has 4 nitrogen and oxygen atoms in total. The van der Waals surface area contributed by atoms with E-state index in [1.54, 1.807) is 18.2 Å². The monoisotopic (exact) mass is 261 g/mol. The lowest BCUT2D eigenvalue weighted by atomic mass is 10.2. The average Bonchev–Trinajstić information content (AvgIpc) is 2.40. The number of ether oxygens (including phenoxy) is 1. The highest BCUT2D eigenvalue weighted by Crippen LogP contribution is 2.25. The molecule has 0 aliphatic carbocycles. The smallest absolute Gasteiger partial charge is 0.222 e. The fourth-order valence-electron chi connectivity index (χ4n) is 1.77. The zero-order valence-corrected chi connectivity index (χ0v) is 10.8. The van der Waals surface area contributed by atoms with Gasteiger partial charge in [-0.3, -0.25) is 0 Å². The Morgan fingerprint density at radius 3 is 2.89 bits per heavy atom. The van der Waals surface area contributed by atoms with Crippen LogP contribution in [0.15, 0.2) is 30.6 Å². The first-order chi connectivity index (χ1) is 9.24. The third-order valence-corrected chi connectivity index (χ3v) is 2.70. The van der Waals surface area contributed by atoms with E-state index in [4.69, 9.17) is 10.5 Å². The van der Waals surface area contributed by atoms with Crippen molar-refractivity contribution in [2.45, 2.75) is 26.3 Å². The number of hydrogen-bond acceptors (Lipinski definition) is 4. The van der Waals surface area contributed by atoms with E-state index in [1.807, 2.05) is 0 Å². The first kappa shape index (κ1) is 13.4. The maximum atomic E-state index is 13.6. The molecule has 100 valence electrons. The van der Waals surface area contributed by atoms with E-state index in [2.05, 4.69) is 16.9 Å². The quantitative estimate of drug-likeness (QED) is 0.899. The van der Waals surface area contributed by atoms with Gasteiger partial charge in [0.2, 0.25) is 5.88 Å². The summed E-state index contributed by atoms with van der Waals surface area (Å²) in [5, 5.41) is 0. The van der Waals surface area contributed by atoms with Crippen molar-refractivity contribution in [1.29, 1.82) is 0 Å². The highest BCUT2D eigenvalue weighted by atomic mass is 19.1. The second-order valence-electron chi connectivity index (χ2n) is 4.12. The van der Waals surface area contributed by atoms with Crippen LogP contribution in [0.3, 0.4) is 0 Å². The normalized spacial score (nSPS) is 10.5. The van der Waals surface area contributed by atoms with Crippen LogP contribution in [-0.2, 0) is 13.0 Å². The summed E-state index contributed by atoms with van der Waals surface area (Å²) in [6.07, 6.45) is 3.29. The third kappa shape index (κ3) is 3.26. The summed E-state index contributed by atoms with van der Waals surface area (Å²) in [6, 6.07) is 6.37. The Balaban J connectivity index is 2.26. The summed E-state index contributed by atoms with van der Waals surface area (Å²) in [5.41, 5.74) is 6.78. The molecule has 0 aliphatic rings. The van der Waals surface area contributed by atoms with Crippen LogP contribution in [0.25, 0.3) is 0 Å². The highest BCUT2D eigenvalue weighted by molar-refractivity contribution is 5.37. The van der Waals surface area contributed by atoms with E-state index >= 15 is 0 Å². The molecule has 1 aromatic carbocycles. The molecule has 2 N–H and O–H groups in total. The van der Waals surface area contributed by atoms with Gasteiger partial charge in [0, 0.05) is 23.9 Å². The van der Waals surface area contributed by atoms with Crippen molar-refractivity contribution in [3.8, 4) is 11.6 Å². The zero-order chi connectivity index (χ0) is 13.7. The number of rotatable bonds is 5. The van der Waals surface area contributed by atoms with Crippen molar-refractivity contribution in [1.82, 2.24) is 9.97 Å². The molecule has 0 unspecified atom stereocenters. The molecule has 0 spiro atoms. The molecule has 0 amide bonds.